The lowest BCUT2D eigenvalue weighted by Crippen LogP contribution is -2.25. The molecule has 1 atom stereocenters. The van der Waals surface area contributed by atoms with Gasteiger partial charge in [0.2, 0.25) is 11.8 Å². The molecule has 1 fully saturated rings. The van der Waals surface area contributed by atoms with Gasteiger partial charge in [0.1, 0.15) is 11.6 Å². The molecule has 1 saturated heterocycles. The first kappa shape index (κ1) is 14.2. The molecule has 0 aromatic carbocycles. The summed E-state index contributed by atoms with van der Waals surface area (Å²) < 4.78 is 1.86. The van der Waals surface area contributed by atoms with Crippen LogP contribution in [0.1, 0.15) is 12.2 Å². The van der Waals surface area contributed by atoms with E-state index in [1.165, 1.54) is 0 Å². The number of imidazole rings is 1. The van der Waals surface area contributed by atoms with Crippen molar-refractivity contribution in [3.63, 3.8) is 0 Å². The van der Waals surface area contributed by atoms with Crippen LogP contribution in [-0.4, -0.2) is 44.8 Å². The zero-order valence-electron chi connectivity index (χ0n) is 12.5. The van der Waals surface area contributed by atoms with E-state index in [1.54, 1.807) is 30.4 Å². The van der Waals surface area contributed by atoms with E-state index in [0.717, 1.165) is 11.6 Å². The van der Waals surface area contributed by atoms with Crippen LogP contribution in [0.5, 0.6) is 0 Å². The average molecular weight is 299 g/mol. The van der Waals surface area contributed by atoms with Gasteiger partial charge in [-0.2, -0.15) is 0 Å². The topological polar surface area (TPSA) is 80.1 Å². The maximum Gasteiger partial charge on any atom is 0.229 e. The predicted octanol–water partition coefficient (Wildman–Crippen LogP) is 0.993. The van der Waals surface area contributed by atoms with E-state index in [2.05, 4.69) is 15.3 Å². The average Bonchev–Trinajstić information content (AvgIpc) is 3.07. The number of nitrogens with zero attached hydrogens (tertiary/aromatic N) is 4. The maximum absolute atomic E-state index is 12.1. The minimum absolute atomic E-state index is 0.00389. The third-order valence-electron chi connectivity index (χ3n) is 3.80. The Kier molecular flexibility index (Phi) is 3.62. The molecule has 1 aliphatic rings. The van der Waals surface area contributed by atoms with Gasteiger partial charge in [0, 0.05) is 32.4 Å². The van der Waals surface area contributed by atoms with Crippen LogP contribution in [0.4, 0.5) is 5.69 Å². The molecule has 22 heavy (non-hydrogen) atoms. The number of rotatable bonds is 3. The van der Waals surface area contributed by atoms with Crippen molar-refractivity contribution < 1.29 is 9.59 Å². The largest absolute Gasteiger partial charge is 0.345 e. The van der Waals surface area contributed by atoms with Crippen molar-refractivity contribution in [2.24, 2.45) is 5.92 Å². The number of anilines is 1. The highest BCUT2D eigenvalue weighted by Crippen LogP contribution is 2.18. The lowest BCUT2D eigenvalue weighted by atomic mass is 10.1. The number of likely N-dealkylation sites (tertiary alicyclic amines) is 1. The second kappa shape index (κ2) is 5.59. The first-order valence-electron chi connectivity index (χ1n) is 7.06. The summed E-state index contributed by atoms with van der Waals surface area (Å²) in [4.78, 5) is 33.7. The Morgan fingerprint density at radius 3 is 2.73 bits per heavy atom. The number of nitrogens with one attached hydrogen (secondary N) is 1. The summed E-state index contributed by atoms with van der Waals surface area (Å²) in [5, 5.41) is 2.81. The van der Waals surface area contributed by atoms with Gasteiger partial charge in [-0.1, -0.05) is 0 Å². The number of pyridine rings is 1. The van der Waals surface area contributed by atoms with Crippen molar-refractivity contribution in [3.05, 3.63) is 36.5 Å². The summed E-state index contributed by atoms with van der Waals surface area (Å²) in [6.45, 7) is 2.36. The predicted molar refractivity (Wildman–Crippen MR) is 80.5 cm³/mol. The van der Waals surface area contributed by atoms with E-state index in [-0.39, 0.29) is 24.2 Å². The van der Waals surface area contributed by atoms with E-state index in [9.17, 15) is 9.59 Å². The van der Waals surface area contributed by atoms with Crippen LogP contribution in [0, 0.1) is 12.8 Å². The molecular weight excluding hydrogens is 282 g/mol. The standard InChI is InChI=1S/C15H17N5O2/c1-10-16-5-6-20(10)13-4-3-12(8-17-13)18-15(22)11-7-14(21)19(2)9-11/h3-6,8,11H,7,9H2,1-2H3,(H,18,22)/t11-/m1/s1. The Hall–Kier alpha value is -2.70. The molecule has 3 heterocycles. The van der Waals surface area contributed by atoms with Crippen LogP contribution in [-0.2, 0) is 9.59 Å². The van der Waals surface area contributed by atoms with E-state index >= 15 is 0 Å². The molecule has 2 aromatic rings. The lowest BCUT2D eigenvalue weighted by Gasteiger charge is -2.11. The van der Waals surface area contributed by atoms with Gasteiger partial charge in [0.25, 0.3) is 0 Å². The highest BCUT2D eigenvalue weighted by molar-refractivity contribution is 5.97. The Bertz CT molecular complexity index is 707. The normalized spacial score (nSPS) is 17.8. The number of carbonyl (C=O) groups excluding carboxylic acids is 2. The van der Waals surface area contributed by atoms with Crippen LogP contribution in [0.15, 0.2) is 30.7 Å². The third-order valence-corrected chi connectivity index (χ3v) is 3.80. The summed E-state index contributed by atoms with van der Waals surface area (Å²) in [5.41, 5.74) is 0.619. The molecule has 1 aliphatic heterocycles. The summed E-state index contributed by atoms with van der Waals surface area (Å²) in [5.74, 6) is 1.14. The summed E-state index contributed by atoms with van der Waals surface area (Å²) in [7, 11) is 1.71. The minimum Gasteiger partial charge on any atom is -0.345 e. The molecule has 0 radical (unpaired) electrons. The third kappa shape index (κ3) is 2.69. The van der Waals surface area contributed by atoms with Crippen LogP contribution in [0.25, 0.3) is 5.82 Å². The fourth-order valence-electron chi connectivity index (χ4n) is 2.51. The SMILES string of the molecule is Cc1nccn1-c1ccc(NC(=O)[C@@H]2CC(=O)N(C)C2)cn1. The fraction of sp³-hybridized carbons (Fsp3) is 0.333. The van der Waals surface area contributed by atoms with Crippen LogP contribution in [0.2, 0.25) is 0 Å². The second-order valence-corrected chi connectivity index (χ2v) is 5.41. The number of hydrogen-bond donors (Lipinski definition) is 1. The number of hydrogen-bond acceptors (Lipinski definition) is 4. The van der Waals surface area contributed by atoms with Crippen molar-refractivity contribution in [2.45, 2.75) is 13.3 Å². The highest BCUT2D eigenvalue weighted by Gasteiger charge is 2.32. The molecule has 2 aromatic heterocycles. The molecule has 7 nitrogen and oxygen atoms in total. The molecule has 114 valence electrons. The number of carbonyl (C=O) groups is 2. The van der Waals surface area contributed by atoms with Crippen molar-refractivity contribution >= 4 is 17.5 Å². The fourth-order valence-corrected chi connectivity index (χ4v) is 2.51. The number of amides is 2. The first-order chi connectivity index (χ1) is 10.5. The zero-order chi connectivity index (χ0) is 15.7. The van der Waals surface area contributed by atoms with E-state index < -0.39 is 0 Å². The lowest BCUT2D eigenvalue weighted by molar-refractivity contribution is -0.127. The molecule has 1 N–H and O–H groups in total. The zero-order valence-corrected chi connectivity index (χ0v) is 12.5. The highest BCUT2D eigenvalue weighted by atomic mass is 16.2. The Morgan fingerprint density at radius 2 is 2.18 bits per heavy atom. The van der Waals surface area contributed by atoms with E-state index in [0.29, 0.717) is 12.2 Å². The number of aromatic nitrogens is 3. The van der Waals surface area contributed by atoms with Gasteiger partial charge in [-0.05, 0) is 19.1 Å². The first-order valence-corrected chi connectivity index (χ1v) is 7.06. The summed E-state index contributed by atoms with van der Waals surface area (Å²) >= 11 is 0. The van der Waals surface area contributed by atoms with Gasteiger partial charge in [0.15, 0.2) is 0 Å². The smallest absolute Gasteiger partial charge is 0.229 e. The van der Waals surface area contributed by atoms with Crippen molar-refractivity contribution in [2.75, 3.05) is 18.9 Å². The Labute approximate surface area is 128 Å². The van der Waals surface area contributed by atoms with Gasteiger partial charge in [-0.3, -0.25) is 14.2 Å². The van der Waals surface area contributed by atoms with Crippen LogP contribution >= 0.6 is 0 Å². The van der Waals surface area contributed by atoms with E-state index in [4.69, 9.17) is 0 Å². The molecule has 0 saturated carbocycles. The molecule has 3 rings (SSSR count). The van der Waals surface area contributed by atoms with Gasteiger partial charge >= 0.3 is 0 Å². The second-order valence-electron chi connectivity index (χ2n) is 5.41. The molecule has 2 amide bonds. The molecule has 0 spiro atoms. The minimum atomic E-state index is -0.298. The molecule has 0 bridgehead atoms. The van der Waals surface area contributed by atoms with Crippen LogP contribution in [0.3, 0.4) is 0 Å². The van der Waals surface area contributed by atoms with Crippen LogP contribution < -0.4 is 5.32 Å². The molecule has 7 heteroatoms. The van der Waals surface area contributed by atoms with E-state index in [1.807, 2.05) is 23.8 Å². The van der Waals surface area contributed by atoms with Gasteiger partial charge in [-0.25, -0.2) is 9.97 Å². The number of aryl methyl sites for hydroxylation is 1. The van der Waals surface area contributed by atoms with Gasteiger partial charge in [0.05, 0.1) is 17.8 Å². The quantitative estimate of drug-likeness (QED) is 0.916. The monoisotopic (exact) mass is 299 g/mol. The van der Waals surface area contributed by atoms with Gasteiger partial charge < -0.3 is 10.2 Å². The Balaban J connectivity index is 1.68. The van der Waals surface area contributed by atoms with Crippen molar-refractivity contribution in [1.29, 1.82) is 0 Å². The maximum atomic E-state index is 12.1. The Morgan fingerprint density at radius 1 is 1.36 bits per heavy atom. The van der Waals surface area contributed by atoms with Gasteiger partial charge in [-0.15, -0.1) is 0 Å². The van der Waals surface area contributed by atoms with Crippen molar-refractivity contribution in [3.8, 4) is 5.82 Å². The molecule has 0 unspecified atom stereocenters. The molecule has 0 aliphatic carbocycles. The summed E-state index contributed by atoms with van der Waals surface area (Å²) in [6.07, 6.45) is 5.41. The van der Waals surface area contributed by atoms with Crippen molar-refractivity contribution in [1.82, 2.24) is 19.4 Å². The summed E-state index contributed by atoms with van der Waals surface area (Å²) in [6, 6.07) is 3.61. The molecular formula is C15H17N5O2.